The number of nitrogens with zero attached hydrogens (tertiary/aromatic N) is 2. The highest BCUT2D eigenvalue weighted by molar-refractivity contribution is 7.09. The first kappa shape index (κ1) is 21.5. The smallest absolute Gasteiger partial charge is 0.361 e. The SMILES string of the molecule is Cc1ccccc1NC(=O)Cc1nc(COC(=O)c2nc(-c3ccccc3)oc2C)cs1. The van der Waals surface area contributed by atoms with E-state index in [1.54, 1.807) is 12.3 Å². The van der Waals surface area contributed by atoms with Crippen LogP contribution in [0.1, 0.15) is 32.5 Å². The van der Waals surface area contributed by atoms with Gasteiger partial charge in [-0.1, -0.05) is 36.4 Å². The van der Waals surface area contributed by atoms with Crippen molar-refractivity contribution in [2.75, 3.05) is 5.32 Å². The van der Waals surface area contributed by atoms with Gasteiger partial charge >= 0.3 is 5.97 Å². The highest BCUT2D eigenvalue weighted by Crippen LogP contribution is 2.22. The van der Waals surface area contributed by atoms with Gasteiger partial charge in [-0.2, -0.15) is 0 Å². The van der Waals surface area contributed by atoms with Gasteiger partial charge in [-0.15, -0.1) is 11.3 Å². The Hall–Kier alpha value is -3.78. The second kappa shape index (κ2) is 9.57. The molecular formula is C24H21N3O4S. The molecule has 0 bridgehead atoms. The van der Waals surface area contributed by atoms with Gasteiger partial charge in [0.15, 0.2) is 5.69 Å². The molecule has 0 unspecified atom stereocenters. The third-order valence-corrected chi connectivity index (χ3v) is 5.59. The standard InChI is InChI=1S/C24H21N3O4S/c1-15-8-6-7-11-19(15)26-20(28)12-21-25-18(14-32-21)13-30-24(29)22-16(2)31-23(27-22)17-9-4-3-5-10-17/h3-11,14H,12-13H2,1-2H3,(H,26,28). The summed E-state index contributed by atoms with van der Waals surface area (Å²) in [7, 11) is 0. The number of oxazole rings is 1. The van der Waals surface area contributed by atoms with Gasteiger partial charge in [-0.05, 0) is 37.6 Å². The molecule has 4 aromatic rings. The van der Waals surface area contributed by atoms with Crippen LogP contribution in [-0.2, 0) is 22.6 Å². The molecule has 0 fully saturated rings. The number of nitrogens with one attached hydrogen (secondary N) is 1. The molecule has 7 nitrogen and oxygen atoms in total. The Morgan fingerprint density at radius 1 is 1.03 bits per heavy atom. The molecule has 0 aliphatic rings. The quantitative estimate of drug-likeness (QED) is 0.403. The molecule has 162 valence electrons. The fourth-order valence-electron chi connectivity index (χ4n) is 3.04. The van der Waals surface area contributed by atoms with E-state index in [2.05, 4.69) is 15.3 Å². The molecule has 2 aromatic carbocycles. The van der Waals surface area contributed by atoms with Crippen molar-refractivity contribution in [1.29, 1.82) is 0 Å². The van der Waals surface area contributed by atoms with Crippen LogP contribution in [0.15, 0.2) is 64.4 Å². The van der Waals surface area contributed by atoms with Crippen LogP contribution in [-0.4, -0.2) is 21.8 Å². The molecule has 0 radical (unpaired) electrons. The Labute approximate surface area is 189 Å². The summed E-state index contributed by atoms with van der Waals surface area (Å²) in [6, 6.07) is 16.9. The maximum Gasteiger partial charge on any atom is 0.361 e. The van der Waals surface area contributed by atoms with Gasteiger partial charge in [-0.3, -0.25) is 4.79 Å². The summed E-state index contributed by atoms with van der Waals surface area (Å²) in [4.78, 5) is 33.4. The van der Waals surface area contributed by atoms with Crippen molar-refractivity contribution >= 4 is 28.9 Å². The predicted octanol–water partition coefficient (Wildman–Crippen LogP) is 4.95. The third-order valence-electron chi connectivity index (χ3n) is 4.69. The molecule has 0 spiro atoms. The normalized spacial score (nSPS) is 10.7. The van der Waals surface area contributed by atoms with E-state index in [0.717, 1.165) is 16.8 Å². The highest BCUT2D eigenvalue weighted by atomic mass is 32.1. The Morgan fingerprint density at radius 3 is 2.56 bits per heavy atom. The Morgan fingerprint density at radius 2 is 1.78 bits per heavy atom. The van der Waals surface area contributed by atoms with E-state index in [9.17, 15) is 9.59 Å². The van der Waals surface area contributed by atoms with Gasteiger partial charge in [0.2, 0.25) is 11.8 Å². The summed E-state index contributed by atoms with van der Waals surface area (Å²) in [5, 5.41) is 5.30. The second-order valence-electron chi connectivity index (χ2n) is 7.14. The zero-order valence-electron chi connectivity index (χ0n) is 17.6. The molecule has 4 rings (SSSR count). The number of rotatable bonds is 7. The molecule has 32 heavy (non-hydrogen) atoms. The summed E-state index contributed by atoms with van der Waals surface area (Å²) in [6.45, 7) is 3.59. The molecule has 0 saturated carbocycles. The lowest BCUT2D eigenvalue weighted by molar-refractivity contribution is -0.115. The van der Waals surface area contributed by atoms with E-state index in [1.807, 2.05) is 61.5 Å². The van der Waals surface area contributed by atoms with Crippen molar-refractivity contribution in [2.24, 2.45) is 0 Å². The second-order valence-corrected chi connectivity index (χ2v) is 8.08. The molecule has 0 aliphatic carbocycles. The zero-order valence-corrected chi connectivity index (χ0v) is 18.4. The van der Waals surface area contributed by atoms with Crippen LogP contribution < -0.4 is 5.32 Å². The summed E-state index contributed by atoms with van der Waals surface area (Å²) in [5.74, 6) is 0.0236. The van der Waals surface area contributed by atoms with Crippen LogP contribution in [0.4, 0.5) is 5.69 Å². The first-order valence-electron chi connectivity index (χ1n) is 9.98. The van der Waals surface area contributed by atoms with Crippen molar-refractivity contribution in [3.63, 3.8) is 0 Å². The van der Waals surface area contributed by atoms with Gasteiger partial charge in [-0.25, -0.2) is 14.8 Å². The van der Waals surface area contributed by atoms with Crippen LogP contribution in [0.5, 0.6) is 0 Å². The van der Waals surface area contributed by atoms with Gasteiger partial charge in [0.05, 0.1) is 12.1 Å². The number of thiazole rings is 1. The monoisotopic (exact) mass is 447 g/mol. The van der Waals surface area contributed by atoms with Crippen molar-refractivity contribution in [1.82, 2.24) is 9.97 Å². The lowest BCUT2D eigenvalue weighted by atomic mass is 10.2. The Kier molecular flexibility index (Phi) is 6.42. The van der Waals surface area contributed by atoms with E-state index < -0.39 is 5.97 Å². The van der Waals surface area contributed by atoms with E-state index in [-0.39, 0.29) is 24.6 Å². The number of amides is 1. The molecule has 1 amide bonds. The molecule has 1 N–H and O–H groups in total. The maximum atomic E-state index is 12.5. The van der Waals surface area contributed by atoms with Crippen molar-refractivity contribution < 1.29 is 18.7 Å². The lowest BCUT2D eigenvalue weighted by Crippen LogP contribution is -2.15. The number of para-hydroxylation sites is 1. The van der Waals surface area contributed by atoms with Crippen molar-refractivity contribution in [3.05, 3.63) is 87.7 Å². The summed E-state index contributed by atoms with van der Waals surface area (Å²) < 4.78 is 11.0. The third kappa shape index (κ3) is 5.09. The van der Waals surface area contributed by atoms with Crippen molar-refractivity contribution in [2.45, 2.75) is 26.9 Å². The van der Waals surface area contributed by atoms with Crippen LogP contribution in [0.3, 0.4) is 0 Å². The van der Waals surface area contributed by atoms with E-state index >= 15 is 0 Å². The Balaban J connectivity index is 1.33. The van der Waals surface area contributed by atoms with Crippen LogP contribution in [0.2, 0.25) is 0 Å². The van der Waals surface area contributed by atoms with Crippen molar-refractivity contribution in [3.8, 4) is 11.5 Å². The molecular weight excluding hydrogens is 426 g/mol. The number of esters is 1. The number of hydrogen-bond acceptors (Lipinski definition) is 7. The number of ether oxygens (including phenoxy) is 1. The van der Waals surface area contributed by atoms with E-state index in [0.29, 0.717) is 22.4 Å². The van der Waals surface area contributed by atoms with Gasteiger partial charge in [0.25, 0.3) is 0 Å². The largest absolute Gasteiger partial charge is 0.454 e. The summed E-state index contributed by atoms with van der Waals surface area (Å²) in [5.41, 5.74) is 3.26. The molecule has 0 saturated heterocycles. The molecule has 2 heterocycles. The molecule has 2 aromatic heterocycles. The number of hydrogen-bond donors (Lipinski definition) is 1. The first-order chi connectivity index (χ1) is 15.5. The lowest BCUT2D eigenvalue weighted by Gasteiger charge is -2.06. The number of carbonyl (C=O) groups excluding carboxylic acids is 2. The fourth-order valence-corrected chi connectivity index (χ4v) is 3.82. The van der Waals surface area contributed by atoms with Crippen LogP contribution >= 0.6 is 11.3 Å². The van der Waals surface area contributed by atoms with E-state index in [1.165, 1.54) is 11.3 Å². The van der Waals surface area contributed by atoms with Crippen LogP contribution in [0.25, 0.3) is 11.5 Å². The zero-order chi connectivity index (χ0) is 22.5. The average Bonchev–Trinajstić information content (AvgIpc) is 3.40. The van der Waals surface area contributed by atoms with Gasteiger partial charge in [0, 0.05) is 16.6 Å². The molecule has 0 aliphatic heterocycles. The number of aryl methyl sites for hydroxylation is 2. The van der Waals surface area contributed by atoms with E-state index in [4.69, 9.17) is 9.15 Å². The minimum absolute atomic E-state index is 0.0122. The Bertz CT molecular complexity index is 1250. The summed E-state index contributed by atoms with van der Waals surface area (Å²) >= 11 is 1.35. The number of carbonyl (C=O) groups is 2. The summed E-state index contributed by atoms with van der Waals surface area (Å²) in [6.07, 6.45) is 0.149. The number of aromatic nitrogens is 2. The fraction of sp³-hybridized carbons (Fsp3) is 0.167. The topological polar surface area (TPSA) is 94.3 Å². The molecule has 0 atom stereocenters. The molecule has 8 heteroatoms. The predicted molar refractivity (Wildman–Crippen MR) is 121 cm³/mol. The number of benzene rings is 2. The average molecular weight is 448 g/mol. The number of anilines is 1. The van der Waals surface area contributed by atoms with Gasteiger partial charge in [0.1, 0.15) is 17.4 Å². The maximum absolute atomic E-state index is 12.5. The minimum atomic E-state index is -0.583. The van der Waals surface area contributed by atoms with Gasteiger partial charge < -0.3 is 14.5 Å². The van der Waals surface area contributed by atoms with Crippen LogP contribution in [0, 0.1) is 13.8 Å². The first-order valence-corrected chi connectivity index (χ1v) is 10.9. The minimum Gasteiger partial charge on any atom is -0.454 e. The highest BCUT2D eigenvalue weighted by Gasteiger charge is 2.20.